The van der Waals surface area contributed by atoms with Gasteiger partial charge in [0.15, 0.2) is 13.6 Å². The van der Waals surface area contributed by atoms with Crippen LogP contribution in [0.1, 0.15) is 77.3 Å². The van der Waals surface area contributed by atoms with Crippen molar-refractivity contribution in [1.82, 2.24) is 9.80 Å². The number of likely N-dealkylation sites (tertiary alicyclic amines) is 2. The number of phenolic OH excluding ortho intramolecular Hbond substituents is 2. The summed E-state index contributed by atoms with van der Waals surface area (Å²) < 4.78 is 38.4. The van der Waals surface area contributed by atoms with E-state index in [2.05, 4.69) is 39.3 Å². The number of hydrogen-bond donors (Lipinski definition) is 4. The van der Waals surface area contributed by atoms with Gasteiger partial charge in [0.25, 0.3) is 0 Å². The Hall–Kier alpha value is -4.57. The number of amides is 2. The number of phenols is 2. The van der Waals surface area contributed by atoms with Gasteiger partial charge in [-0.05, 0) is 102 Å². The minimum atomic E-state index is -1.19. The van der Waals surface area contributed by atoms with Crippen molar-refractivity contribution in [2.45, 2.75) is 129 Å². The number of aliphatic hydroxyl groups is 1. The molecule has 4 N–H and O–H groups in total. The Bertz CT molecular complexity index is 1890. The number of aliphatic hydroxyl groups excluding tert-OH is 1. The second-order valence-electron chi connectivity index (χ2n) is 21.2. The van der Waals surface area contributed by atoms with Crippen molar-refractivity contribution in [2.75, 3.05) is 67.2 Å². The summed E-state index contributed by atoms with van der Waals surface area (Å²) in [6.45, 7) is 26.8. The van der Waals surface area contributed by atoms with Crippen LogP contribution < -0.4 is 9.47 Å². The molecule has 19 heteroatoms. The Morgan fingerprint density at radius 1 is 0.627 bits per heavy atom. The lowest BCUT2D eigenvalue weighted by atomic mass is 9.80. The van der Waals surface area contributed by atoms with Crippen molar-refractivity contribution in [3.05, 3.63) is 47.5 Å². The molecule has 380 valence electrons. The van der Waals surface area contributed by atoms with Crippen LogP contribution >= 0.6 is 0 Å². The molecule has 2 aromatic rings. The van der Waals surface area contributed by atoms with Gasteiger partial charge < -0.3 is 63.4 Å². The average Bonchev–Trinajstić information content (AvgIpc) is 3.21. The maximum absolute atomic E-state index is 12.6. The Balaban J connectivity index is 0.000000444. The summed E-state index contributed by atoms with van der Waals surface area (Å²) in [7, 11) is -0.0294. The minimum Gasteiger partial charge on any atom is -0.508 e. The summed E-state index contributed by atoms with van der Waals surface area (Å²) in [5, 5.41) is 37.3. The zero-order valence-electron chi connectivity index (χ0n) is 42.4. The number of hydrogen-bond acceptors (Lipinski definition) is 14. The number of esters is 1. The van der Waals surface area contributed by atoms with Crippen molar-refractivity contribution in [3.63, 3.8) is 0 Å². The summed E-state index contributed by atoms with van der Waals surface area (Å²) in [5.74, 6) is -2.48. The molecule has 2 amide bonds. The van der Waals surface area contributed by atoms with Crippen LogP contribution in [-0.4, -0.2) is 149 Å². The smallest absolute Gasteiger partial charge is 0.410 e. The first kappa shape index (κ1) is 58.6. The highest BCUT2D eigenvalue weighted by Gasteiger charge is 2.40. The molecule has 4 rings (SSSR count). The third kappa shape index (κ3) is 21.9. The van der Waals surface area contributed by atoms with E-state index >= 15 is 0 Å². The minimum absolute atomic E-state index is 0.00157. The number of rotatable bonds is 16. The molecule has 2 aliphatic heterocycles. The molecule has 2 saturated heterocycles. The first-order valence-electron chi connectivity index (χ1n) is 22.8. The fourth-order valence-corrected chi connectivity index (χ4v) is 8.74. The van der Waals surface area contributed by atoms with Gasteiger partial charge in [0.05, 0.1) is 18.9 Å². The maximum Gasteiger partial charge on any atom is 0.410 e. The number of carboxylic acids is 1. The topological polar surface area (TPSA) is 220 Å². The van der Waals surface area contributed by atoms with Gasteiger partial charge in [-0.25, -0.2) is 9.59 Å². The molecule has 0 saturated carbocycles. The Morgan fingerprint density at radius 2 is 1.00 bits per heavy atom. The number of carbonyl (C=O) groups is 4. The number of benzene rings is 2. The Kier molecular flexibility index (Phi) is 23.0. The Morgan fingerprint density at radius 3 is 1.34 bits per heavy atom. The summed E-state index contributed by atoms with van der Waals surface area (Å²) >= 11 is 0. The molecule has 17 nitrogen and oxygen atoms in total. The molecule has 67 heavy (non-hydrogen) atoms. The summed E-state index contributed by atoms with van der Waals surface area (Å²) in [5.41, 5.74) is 0.148. The lowest BCUT2D eigenvalue weighted by Crippen LogP contribution is -2.47. The second-order valence-corrected chi connectivity index (χ2v) is 32.4. The fraction of sp³-hybridized carbons (Fsp3) is 0.667. The van der Waals surface area contributed by atoms with Crippen molar-refractivity contribution >= 4 is 40.3 Å². The number of nitrogens with zero attached hydrogens (tertiary/aromatic N) is 2. The number of aliphatic carboxylic acids is 1. The van der Waals surface area contributed by atoms with Crippen molar-refractivity contribution < 1.29 is 72.8 Å². The standard InChI is InChI=1S/C24H39NO7Si.C23H37NO7Si.CH4O/c1-24(2,3)32-23(28)25-9-8-20(21(15-25)22(27)29-4)17-12-18(26)14-19(13-17)31-16-30-10-11-33(5,6)7;1-23(2,3)31-22(28)24-8-7-19(20(14-24)21(26)27)16-11-17(25)13-18(12-16)30-15-29-9-10-32(4,5)6;1-2/h12-14,20-21,26H,8-11,15-16H2,1-7H3;11-13,19-20,25H,7-10,14-15H2,1-6H3,(H,26,27);2H,1H3/t20-,21+;19-,20+;/m11./s1. The normalized spacial score (nSPS) is 18.9. The maximum atomic E-state index is 12.6. The molecule has 0 aliphatic carbocycles. The molecule has 0 spiro atoms. The zero-order chi connectivity index (χ0) is 50.9. The van der Waals surface area contributed by atoms with Crippen molar-refractivity contribution in [3.8, 4) is 23.0 Å². The van der Waals surface area contributed by atoms with Gasteiger partial charge in [-0.1, -0.05) is 39.3 Å². The van der Waals surface area contributed by atoms with Crippen LogP contribution in [0.25, 0.3) is 0 Å². The largest absolute Gasteiger partial charge is 0.508 e. The number of aromatic hydroxyl groups is 2. The average molecular weight is 981 g/mol. The van der Waals surface area contributed by atoms with Gasteiger partial charge in [0.1, 0.15) is 34.2 Å². The van der Waals surface area contributed by atoms with Crippen LogP contribution in [0.3, 0.4) is 0 Å². The van der Waals surface area contributed by atoms with Gasteiger partial charge in [0.2, 0.25) is 0 Å². The molecule has 2 aliphatic rings. The third-order valence-electron chi connectivity index (χ3n) is 10.6. The van der Waals surface area contributed by atoms with Crippen LogP contribution in [-0.2, 0) is 33.3 Å². The highest BCUT2D eigenvalue weighted by atomic mass is 28.3. The highest BCUT2D eigenvalue weighted by molar-refractivity contribution is 6.76. The number of methoxy groups -OCH3 is 1. The molecule has 2 heterocycles. The van der Waals surface area contributed by atoms with Gasteiger partial charge in [-0.3, -0.25) is 9.59 Å². The van der Waals surface area contributed by atoms with E-state index in [1.165, 1.54) is 29.0 Å². The van der Waals surface area contributed by atoms with Crippen LogP contribution in [0.4, 0.5) is 9.59 Å². The van der Waals surface area contributed by atoms with Gasteiger partial charge in [-0.2, -0.15) is 0 Å². The van der Waals surface area contributed by atoms with Crippen LogP contribution in [0.15, 0.2) is 36.4 Å². The molecule has 0 bridgehead atoms. The Labute approximate surface area is 400 Å². The van der Waals surface area contributed by atoms with Crippen LogP contribution in [0.2, 0.25) is 51.4 Å². The number of piperidine rings is 2. The molecule has 2 fully saturated rings. The molecule has 2 aromatic carbocycles. The van der Waals surface area contributed by atoms with E-state index in [1.807, 2.05) is 6.07 Å². The third-order valence-corrected chi connectivity index (χ3v) is 14.1. The van der Waals surface area contributed by atoms with E-state index in [4.69, 9.17) is 38.3 Å². The second kappa shape index (κ2) is 26.3. The van der Waals surface area contributed by atoms with Gasteiger partial charge in [0, 0.05) is 86.6 Å². The van der Waals surface area contributed by atoms with Gasteiger partial charge in [-0.15, -0.1) is 0 Å². The molecular weight excluding hydrogens is 901 g/mol. The van der Waals surface area contributed by atoms with E-state index in [0.717, 1.165) is 24.8 Å². The lowest BCUT2D eigenvalue weighted by Gasteiger charge is -2.38. The highest BCUT2D eigenvalue weighted by Crippen LogP contribution is 2.39. The monoisotopic (exact) mass is 981 g/mol. The van der Waals surface area contributed by atoms with E-state index in [0.29, 0.717) is 56.2 Å². The van der Waals surface area contributed by atoms with Crippen LogP contribution in [0.5, 0.6) is 23.0 Å². The van der Waals surface area contributed by atoms with Gasteiger partial charge >= 0.3 is 24.1 Å². The predicted molar refractivity (Wildman–Crippen MR) is 261 cm³/mol. The summed E-state index contributed by atoms with van der Waals surface area (Å²) in [4.78, 5) is 52.5. The number of carboxylic acid groups (broad SMARTS) is 1. The quantitative estimate of drug-likeness (QED) is 0.0406. The molecule has 4 atom stereocenters. The summed E-state index contributed by atoms with van der Waals surface area (Å²) in [6.07, 6.45) is -0.0108. The van der Waals surface area contributed by atoms with E-state index < -0.39 is 63.3 Å². The van der Waals surface area contributed by atoms with Crippen LogP contribution in [0, 0.1) is 11.8 Å². The molecule has 0 radical (unpaired) electrons. The predicted octanol–water partition coefficient (Wildman–Crippen LogP) is 8.71. The lowest BCUT2D eigenvalue weighted by molar-refractivity contribution is -0.148. The molecule has 0 unspecified atom stereocenters. The fourth-order valence-electron chi connectivity index (χ4n) is 7.23. The molecular formula is C48H80N2O15Si2. The summed E-state index contributed by atoms with van der Waals surface area (Å²) in [6, 6.07) is 11.8. The van der Waals surface area contributed by atoms with E-state index in [1.54, 1.807) is 59.7 Å². The molecule has 0 aromatic heterocycles. The van der Waals surface area contributed by atoms with Crippen molar-refractivity contribution in [2.24, 2.45) is 11.8 Å². The first-order valence-corrected chi connectivity index (χ1v) is 30.3. The first-order chi connectivity index (χ1) is 31.0. The SMILES string of the molecule is CC(C)(C)OC(=O)N1CC[C@H](c2cc(O)cc(OCOCC[Si](C)(C)C)c2)[C@@H](C(=O)O)C1.CO.COC(=O)[C@H]1CN(C(=O)OC(C)(C)C)CC[C@@H]1c1cc(O)cc(OCOCC[Si](C)(C)C)c1. The van der Waals surface area contributed by atoms with E-state index in [9.17, 15) is 34.5 Å². The zero-order valence-corrected chi connectivity index (χ0v) is 44.4. The number of ether oxygens (including phenoxy) is 7. The van der Waals surface area contributed by atoms with E-state index in [-0.39, 0.29) is 50.0 Å². The number of carbonyl (C=O) groups excluding carboxylic acids is 3. The van der Waals surface area contributed by atoms with Crippen molar-refractivity contribution in [1.29, 1.82) is 0 Å².